The van der Waals surface area contributed by atoms with Gasteiger partial charge in [-0.2, -0.15) is 0 Å². The highest BCUT2D eigenvalue weighted by molar-refractivity contribution is 5.61. The largest absolute Gasteiger partial charge is 0.0723 e. The number of unbranched alkanes of at least 4 members (excludes halogenated alkanes) is 4. The summed E-state index contributed by atoms with van der Waals surface area (Å²) in [6.45, 7) is 4.55. The molecule has 0 atom stereocenters. The summed E-state index contributed by atoms with van der Waals surface area (Å²) in [5, 5.41) is 0. The maximum Gasteiger partial charge on any atom is -0.0126 e. The minimum atomic E-state index is 1.18. The summed E-state index contributed by atoms with van der Waals surface area (Å²) < 4.78 is 0. The van der Waals surface area contributed by atoms with Crippen LogP contribution in [0.1, 0.15) is 71.6 Å². The predicted molar refractivity (Wildman–Crippen MR) is 85.2 cm³/mol. The van der Waals surface area contributed by atoms with Crippen LogP contribution in [-0.2, 0) is 0 Å². The highest BCUT2D eigenvalue weighted by Crippen LogP contribution is 2.36. The van der Waals surface area contributed by atoms with Gasteiger partial charge in [-0.3, -0.25) is 0 Å². The lowest BCUT2D eigenvalue weighted by Crippen LogP contribution is -1.97. The second-order valence-electron chi connectivity index (χ2n) is 5.85. The van der Waals surface area contributed by atoms with E-state index in [9.17, 15) is 0 Å². The first-order valence-electron chi connectivity index (χ1n) is 8.16. The summed E-state index contributed by atoms with van der Waals surface area (Å²) in [6.07, 6.45) is 21.4. The van der Waals surface area contributed by atoms with Gasteiger partial charge < -0.3 is 0 Å². The standard InChI is InChI=1S/C19H28/c1-3-5-7-9-16-11-14-19-17(10-8-6-4-2)12-13-18(19)15-16/h12-15H,3-11H2,1-2H3. The highest BCUT2D eigenvalue weighted by Gasteiger charge is 2.17. The molecular weight excluding hydrogens is 228 g/mol. The average molecular weight is 256 g/mol. The number of hydrogen-bond acceptors (Lipinski definition) is 0. The minimum Gasteiger partial charge on any atom is -0.0723 e. The fraction of sp³-hybridized carbons (Fsp3) is 0.579. The van der Waals surface area contributed by atoms with Gasteiger partial charge in [0.2, 0.25) is 0 Å². The van der Waals surface area contributed by atoms with Crippen LogP contribution in [0.4, 0.5) is 0 Å². The van der Waals surface area contributed by atoms with Crippen molar-refractivity contribution in [3.05, 3.63) is 46.6 Å². The molecule has 0 aromatic carbocycles. The maximum atomic E-state index is 2.47. The fourth-order valence-electron chi connectivity index (χ4n) is 3.00. The van der Waals surface area contributed by atoms with Crippen LogP contribution in [0.25, 0.3) is 0 Å². The van der Waals surface area contributed by atoms with E-state index in [1.807, 2.05) is 0 Å². The molecular formula is C19H28. The molecule has 0 nitrogen and oxygen atoms in total. The Labute approximate surface area is 119 Å². The van der Waals surface area contributed by atoms with Gasteiger partial charge in [-0.05, 0) is 48.8 Å². The van der Waals surface area contributed by atoms with Gasteiger partial charge in [0.1, 0.15) is 0 Å². The molecule has 0 aromatic rings. The smallest absolute Gasteiger partial charge is 0.0126 e. The van der Waals surface area contributed by atoms with Crippen LogP contribution in [0, 0.1) is 0 Å². The first-order valence-corrected chi connectivity index (χ1v) is 8.16. The molecule has 2 aliphatic rings. The van der Waals surface area contributed by atoms with Gasteiger partial charge in [-0.25, -0.2) is 0 Å². The molecule has 0 heteroatoms. The maximum absolute atomic E-state index is 2.47. The lowest BCUT2D eigenvalue weighted by molar-refractivity contribution is 0.704. The topological polar surface area (TPSA) is 0 Å². The molecule has 0 heterocycles. The number of hydrogen-bond donors (Lipinski definition) is 0. The second-order valence-corrected chi connectivity index (χ2v) is 5.85. The normalized spacial score (nSPS) is 17.6. The first kappa shape index (κ1) is 14.4. The fourth-order valence-corrected chi connectivity index (χ4v) is 3.00. The van der Waals surface area contributed by atoms with Crippen molar-refractivity contribution in [1.82, 2.24) is 0 Å². The molecule has 0 spiro atoms. The Balaban J connectivity index is 1.85. The van der Waals surface area contributed by atoms with E-state index in [-0.39, 0.29) is 0 Å². The van der Waals surface area contributed by atoms with Crippen LogP contribution in [0.2, 0.25) is 0 Å². The quantitative estimate of drug-likeness (QED) is 0.449. The van der Waals surface area contributed by atoms with E-state index in [0.29, 0.717) is 0 Å². The van der Waals surface area contributed by atoms with Crippen molar-refractivity contribution in [3.63, 3.8) is 0 Å². The Kier molecular flexibility index (Phi) is 5.69. The Bertz CT molecular complexity index is 415. The monoisotopic (exact) mass is 256 g/mol. The van der Waals surface area contributed by atoms with Crippen molar-refractivity contribution in [3.8, 4) is 0 Å². The summed E-state index contributed by atoms with van der Waals surface area (Å²) in [4.78, 5) is 0. The number of fused-ring (bicyclic) bond motifs is 1. The van der Waals surface area contributed by atoms with Crippen LogP contribution in [-0.4, -0.2) is 0 Å². The van der Waals surface area contributed by atoms with Crippen LogP contribution in [0.15, 0.2) is 46.6 Å². The first-order chi connectivity index (χ1) is 9.35. The third-order valence-corrected chi connectivity index (χ3v) is 4.20. The molecule has 0 saturated carbocycles. The molecule has 0 fully saturated rings. The molecule has 2 aliphatic carbocycles. The van der Waals surface area contributed by atoms with E-state index in [2.05, 4.69) is 38.2 Å². The molecule has 0 saturated heterocycles. The Morgan fingerprint density at radius 2 is 1.63 bits per heavy atom. The van der Waals surface area contributed by atoms with Gasteiger partial charge in [0.15, 0.2) is 0 Å². The molecule has 2 rings (SSSR count). The van der Waals surface area contributed by atoms with Gasteiger partial charge >= 0.3 is 0 Å². The van der Waals surface area contributed by atoms with Gasteiger partial charge in [0, 0.05) is 0 Å². The van der Waals surface area contributed by atoms with E-state index in [1.54, 1.807) is 11.1 Å². The van der Waals surface area contributed by atoms with Crippen LogP contribution in [0.3, 0.4) is 0 Å². The minimum absolute atomic E-state index is 1.18. The zero-order chi connectivity index (χ0) is 13.5. The van der Waals surface area contributed by atoms with Crippen LogP contribution < -0.4 is 0 Å². The molecule has 0 radical (unpaired) electrons. The molecule has 0 bridgehead atoms. The Morgan fingerprint density at radius 3 is 2.37 bits per heavy atom. The average Bonchev–Trinajstić information content (AvgIpc) is 2.82. The third-order valence-electron chi connectivity index (χ3n) is 4.20. The Morgan fingerprint density at radius 1 is 0.895 bits per heavy atom. The highest BCUT2D eigenvalue weighted by atomic mass is 14.2. The second kappa shape index (κ2) is 7.53. The third kappa shape index (κ3) is 3.96. The molecule has 0 unspecified atom stereocenters. The van der Waals surface area contributed by atoms with Crippen LogP contribution >= 0.6 is 0 Å². The SMILES string of the molecule is CCCCCC1=CC2=CC=C(CCCCC)C2=CC1. The van der Waals surface area contributed by atoms with E-state index >= 15 is 0 Å². The van der Waals surface area contributed by atoms with Crippen molar-refractivity contribution in [2.75, 3.05) is 0 Å². The summed E-state index contributed by atoms with van der Waals surface area (Å²) in [7, 11) is 0. The van der Waals surface area contributed by atoms with E-state index in [0.717, 1.165) is 0 Å². The van der Waals surface area contributed by atoms with Crippen molar-refractivity contribution in [2.24, 2.45) is 0 Å². The van der Waals surface area contributed by atoms with Gasteiger partial charge in [-0.1, -0.05) is 69.4 Å². The van der Waals surface area contributed by atoms with E-state index in [1.165, 1.54) is 68.9 Å². The summed E-state index contributed by atoms with van der Waals surface area (Å²) >= 11 is 0. The molecule has 104 valence electrons. The Hall–Kier alpha value is -1.04. The molecule has 0 aromatic heterocycles. The molecule has 0 N–H and O–H groups in total. The number of rotatable bonds is 8. The van der Waals surface area contributed by atoms with Crippen molar-refractivity contribution in [1.29, 1.82) is 0 Å². The van der Waals surface area contributed by atoms with Gasteiger partial charge in [0.05, 0.1) is 0 Å². The van der Waals surface area contributed by atoms with Crippen LogP contribution in [0.5, 0.6) is 0 Å². The van der Waals surface area contributed by atoms with Crippen molar-refractivity contribution in [2.45, 2.75) is 71.6 Å². The zero-order valence-electron chi connectivity index (χ0n) is 12.7. The van der Waals surface area contributed by atoms with E-state index < -0.39 is 0 Å². The molecule has 0 aliphatic heterocycles. The molecule has 19 heavy (non-hydrogen) atoms. The number of allylic oxidation sites excluding steroid dienone is 8. The van der Waals surface area contributed by atoms with Crippen molar-refractivity contribution < 1.29 is 0 Å². The predicted octanol–water partition coefficient (Wildman–Crippen LogP) is 6.27. The van der Waals surface area contributed by atoms with E-state index in [4.69, 9.17) is 0 Å². The summed E-state index contributed by atoms with van der Waals surface area (Å²) in [6, 6.07) is 0. The lowest BCUT2D eigenvalue weighted by atomic mass is 9.89. The summed E-state index contributed by atoms with van der Waals surface area (Å²) in [5.41, 5.74) is 6.22. The van der Waals surface area contributed by atoms with Gasteiger partial charge in [0.25, 0.3) is 0 Å². The lowest BCUT2D eigenvalue weighted by Gasteiger charge is -2.16. The molecule has 0 amide bonds. The zero-order valence-corrected chi connectivity index (χ0v) is 12.7. The van der Waals surface area contributed by atoms with Gasteiger partial charge in [-0.15, -0.1) is 0 Å². The summed E-state index contributed by atoms with van der Waals surface area (Å²) in [5.74, 6) is 0. The van der Waals surface area contributed by atoms with Crippen molar-refractivity contribution >= 4 is 0 Å².